The second-order valence-electron chi connectivity index (χ2n) is 4.69. The number of alkyl halides is 3. The van der Waals surface area contributed by atoms with E-state index in [2.05, 4.69) is 0 Å². The zero-order chi connectivity index (χ0) is 15.1. The van der Waals surface area contributed by atoms with Crippen molar-refractivity contribution in [1.82, 2.24) is 4.31 Å². The Morgan fingerprint density at radius 3 is 2.32 bits per heavy atom. The molecule has 0 saturated heterocycles. The van der Waals surface area contributed by atoms with E-state index in [0.29, 0.717) is 0 Å². The van der Waals surface area contributed by atoms with E-state index in [9.17, 15) is 21.6 Å². The van der Waals surface area contributed by atoms with Gasteiger partial charge in [-0.2, -0.15) is 18.4 Å². The number of nitriles is 1. The quantitative estimate of drug-likeness (QED) is 0.692. The number of hydrogen-bond donors (Lipinski definition) is 0. The summed E-state index contributed by atoms with van der Waals surface area (Å²) < 4.78 is 60.9. The second kappa shape index (κ2) is 7.70. The van der Waals surface area contributed by atoms with Crippen LogP contribution in [0.15, 0.2) is 0 Å². The van der Waals surface area contributed by atoms with Crippen molar-refractivity contribution in [2.24, 2.45) is 5.92 Å². The molecule has 0 aromatic rings. The van der Waals surface area contributed by atoms with Crippen LogP contribution in [0.1, 0.15) is 33.1 Å². The smallest absolute Gasteiger partial charge is 0.212 e. The van der Waals surface area contributed by atoms with Crippen molar-refractivity contribution in [1.29, 1.82) is 5.26 Å². The molecule has 0 rings (SSSR count). The molecular weight excluding hydrogens is 281 g/mol. The van der Waals surface area contributed by atoms with E-state index >= 15 is 0 Å². The van der Waals surface area contributed by atoms with E-state index < -0.39 is 34.8 Å². The average Bonchev–Trinajstić information content (AvgIpc) is 2.21. The fourth-order valence-corrected chi connectivity index (χ4v) is 3.17. The van der Waals surface area contributed by atoms with E-state index in [-0.39, 0.29) is 25.4 Å². The summed E-state index contributed by atoms with van der Waals surface area (Å²) in [7, 11) is -3.73. The van der Waals surface area contributed by atoms with Gasteiger partial charge in [0.25, 0.3) is 0 Å². The monoisotopic (exact) mass is 300 g/mol. The van der Waals surface area contributed by atoms with Gasteiger partial charge in [-0.25, -0.2) is 12.7 Å². The Hall–Kier alpha value is -0.810. The lowest BCUT2D eigenvalue weighted by molar-refractivity contribution is -0.134. The SMILES string of the molecule is CC(C)CN(CCC#N)S(=O)(=O)CCCC(F)(F)F. The van der Waals surface area contributed by atoms with Crippen LogP contribution < -0.4 is 0 Å². The first-order chi connectivity index (χ1) is 8.58. The van der Waals surface area contributed by atoms with Gasteiger partial charge in [-0.1, -0.05) is 13.8 Å². The van der Waals surface area contributed by atoms with Crippen molar-refractivity contribution in [3.05, 3.63) is 0 Å². The van der Waals surface area contributed by atoms with E-state index in [1.54, 1.807) is 0 Å². The highest BCUT2D eigenvalue weighted by Crippen LogP contribution is 2.22. The molecule has 0 spiro atoms. The van der Waals surface area contributed by atoms with Crippen molar-refractivity contribution in [2.45, 2.75) is 39.3 Å². The summed E-state index contributed by atoms with van der Waals surface area (Å²) >= 11 is 0. The maximum atomic E-state index is 12.0. The molecule has 0 radical (unpaired) electrons. The van der Waals surface area contributed by atoms with Gasteiger partial charge in [-0.15, -0.1) is 0 Å². The minimum absolute atomic E-state index is 0.0308. The second-order valence-corrected chi connectivity index (χ2v) is 6.78. The lowest BCUT2D eigenvalue weighted by Gasteiger charge is -2.23. The number of sulfonamides is 1. The molecular formula is C11H19F3N2O2S. The minimum atomic E-state index is -4.34. The third-order valence-electron chi connectivity index (χ3n) is 2.30. The first-order valence-corrected chi connectivity index (χ1v) is 7.61. The van der Waals surface area contributed by atoms with Crippen molar-refractivity contribution in [3.8, 4) is 6.07 Å². The molecule has 0 aromatic carbocycles. The Balaban J connectivity index is 4.56. The van der Waals surface area contributed by atoms with Crippen LogP contribution in [0.25, 0.3) is 0 Å². The maximum Gasteiger partial charge on any atom is 0.389 e. The maximum absolute atomic E-state index is 12.0. The van der Waals surface area contributed by atoms with Gasteiger partial charge in [0.1, 0.15) is 0 Å². The van der Waals surface area contributed by atoms with Gasteiger partial charge in [-0.3, -0.25) is 0 Å². The fourth-order valence-electron chi connectivity index (χ4n) is 1.51. The normalized spacial score (nSPS) is 12.9. The molecule has 0 fully saturated rings. The molecule has 0 bridgehead atoms. The molecule has 0 atom stereocenters. The molecule has 4 nitrogen and oxygen atoms in total. The summed E-state index contributed by atoms with van der Waals surface area (Å²) in [5, 5.41) is 8.48. The third kappa shape index (κ3) is 8.83. The zero-order valence-corrected chi connectivity index (χ0v) is 11.9. The zero-order valence-electron chi connectivity index (χ0n) is 11.1. The standard InChI is InChI=1S/C11H19F3N2O2S/c1-10(2)9-16(7-4-6-15)19(17,18)8-3-5-11(12,13)14/h10H,3-5,7-9H2,1-2H3. The van der Waals surface area contributed by atoms with Gasteiger partial charge >= 0.3 is 6.18 Å². The molecule has 0 unspecified atom stereocenters. The molecule has 0 amide bonds. The molecule has 8 heteroatoms. The summed E-state index contributed by atoms with van der Waals surface area (Å²) in [5.41, 5.74) is 0. The third-order valence-corrected chi connectivity index (χ3v) is 4.22. The van der Waals surface area contributed by atoms with Crippen LogP contribution in [0.3, 0.4) is 0 Å². The van der Waals surface area contributed by atoms with E-state index in [1.807, 2.05) is 19.9 Å². The summed E-state index contributed by atoms with van der Waals surface area (Å²) in [5.74, 6) is -0.485. The Labute approximate surface area is 112 Å². The Morgan fingerprint density at radius 1 is 1.32 bits per heavy atom. The van der Waals surface area contributed by atoms with Gasteiger partial charge in [0.15, 0.2) is 0 Å². The van der Waals surface area contributed by atoms with Crippen LogP contribution in [0, 0.1) is 17.2 Å². The molecule has 19 heavy (non-hydrogen) atoms. The predicted molar refractivity (Wildman–Crippen MR) is 65.7 cm³/mol. The van der Waals surface area contributed by atoms with Crippen LogP contribution in [0.5, 0.6) is 0 Å². The number of nitrogens with zero attached hydrogens (tertiary/aromatic N) is 2. The van der Waals surface area contributed by atoms with Crippen LogP contribution in [-0.4, -0.2) is 37.7 Å². The Bertz CT molecular complexity index is 399. The molecule has 0 aliphatic heterocycles. The first kappa shape index (κ1) is 18.2. The van der Waals surface area contributed by atoms with Crippen LogP contribution >= 0.6 is 0 Å². The first-order valence-electron chi connectivity index (χ1n) is 6.00. The van der Waals surface area contributed by atoms with E-state index in [4.69, 9.17) is 5.26 Å². The molecule has 0 aromatic heterocycles. The lowest BCUT2D eigenvalue weighted by atomic mass is 10.2. The lowest BCUT2D eigenvalue weighted by Crippen LogP contribution is -2.36. The van der Waals surface area contributed by atoms with Crippen LogP contribution in [-0.2, 0) is 10.0 Å². The predicted octanol–water partition coefficient (Wildman–Crippen LogP) is 2.53. The molecule has 112 valence electrons. The van der Waals surface area contributed by atoms with Gasteiger partial charge in [0.2, 0.25) is 10.0 Å². The minimum Gasteiger partial charge on any atom is -0.212 e. The number of rotatable bonds is 8. The van der Waals surface area contributed by atoms with Crippen molar-refractivity contribution < 1.29 is 21.6 Å². The number of hydrogen-bond acceptors (Lipinski definition) is 3. The van der Waals surface area contributed by atoms with Gasteiger partial charge in [0.05, 0.1) is 11.8 Å². The molecule has 0 aliphatic carbocycles. The van der Waals surface area contributed by atoms with E-state index in [1.165, 1.54) is 0 Å². The largest absolute Gasteiger partial charge is 0.389 e. The summed E-state index contributed by atoms with van der Waals surface area (Å²) in [6.45, 7) is 3.87. The van der Waals surface area contributed by atoms with Crippen LogP contribution in [0.4, 0.5) is 13.2 Å². The van der Waals surface area contributed by atoms with E-state index in [0.717, 1.165) is 4.31 Å². The molecule has 0 heterocycles. The fraction of sp³-hybridized carbons (Fsp3) is 0.909. The van der Waals surface area contributed by atoms with Crippen molar-refractivity contribution >= 4 is 10.0 Å². The van der Waals surface area contributed by atoms with Gasteiger partial charge in [-0.05, 0) is 12.3 Å². The van der Waals surface area contributed by atoms with Crippen LogP contribution in [0.2, 0.25) is 0 Å². The molecule has 0 saturated carbocycles. The number of halogens is 3. The summed E-state index contributed by atoms with van der Waals surface area (Å²) in [6, 6.07) is 1.84. The van der Waals surface area contributed by atoms with Gasteiger partial charge in [0, 0.05) is 25.9 Å². The highest BCUT2D eigenvalue weighted by Gasteiger charge is 2.29. The summed E-state index contributed by atoms with van der Waals surface area (Å²) in [6.07, 6.45) is -5.87. The Kier molecular flexibility index (Phi) is 7.37. The highest BCUT2D eigenvalue weighted by atomic mass is 32.2. The van der Waals surface area contributed by atoms with Crippen molar-refractivity contribution in [3.63, 3.8) is 0 Å². The topological polar surface area (TPSA) is 61.2 Å². The molecule has 0 aliphatic rings. The molecule has 0 N–H and O–H groups in total. The Morgan fingerprint density at radius 2 is 1.89 bits per heavy atom. The van der Waals surface area contributed by atoms with Crippen molar-refractivity contribution in [2.75, 3.05) is 18.8 Å². The highest BCUT2D eigenvalue weighted by molar-refractivity contribution is 7.89. The van der Waals surface area contributed by atoms with Gasteiger partial charge < -0.3 is 0 Å². The summed E-state index contributed by atoms with van der Waals surface area (Å²) in [4.78, 5) is 0. The average molecular weight is 300 g/mol.